The molecule has 0 radical (unpaired) electrons. The lowest BCUT2D eigenvalue weighted by Crippen LogP contribution is -2.08. The number of fused-ring (bicyclic) bond motifs is 1. The molecule has 1 aliphatic rings. The molecule has 1 heterocycles. The molecule has 1 atom stereocenters. The highest BCUT2D eigenvalue weighted by Crippen LogP contribution is 2.39. The Balaban J connectivity index is 2.29. The third kappa shape index (κ3) is 2.01. The van der Waals surface area contributed by atoms with Crippen molar-refractivity contribution in [2.24, 2.45) is 0 Å². The first-order chi connectivity index (χ1) is 7.22. The quantitative estimate of drug-likeness (QED) is 0.853. The molecule has 1 aliphatic heterocycles. The molecule has 2 rings (SSSR count). The molecule has 3 nitrogen and oxygen atoms in total. The Labute approximate surface area is 92.4 Å². The van der Waals surface area contributed by atoms with E-state index >= 15 is 0 Å². The topological polar surface area (TPSA) is 46.5 Å². The highest BCUT2D eigenvalue weighted by Gasteiger charge is 2.26. The lowest BCUT2D eigenvalue weighted by atomic mass is 10.1. The monoisotopic (exact) mass is 224 g/mol. The van der Waals surface area contributed by atoms with E-state index in [4.69, 9.17) is 9.84 Å². The third-order valence-corrected chi connectivity index (χ3v) is 3.77. The SMILES string of the molecule is COCC1Cc2cccc(C(=O)O)c2S1. The number of hydrogen-bond donors (Lipinski definition) is 1. The lowest BCUT2D eigenvalue weighted by molar-refractivity contribution is 0.0693. The summed E-state index contributed by atoms with van der Waals surface area (Å²) in [7, 11) is 1.67. The minimum absolute atomic E-state index is 0.352. The van der Waals surface area contributed by atoms with Gasteiger partial charge >= 0.3 is 5.97 Å². The van der Waals surface area contributed by atoms with Crippen LogP contribution in [-0.4, -0.2) is 30.0 Å². The molecule has 0 amide bonds. The average molecular weight is 224 g/mol. The second-order valence-corrected chi connectivity index (χ2v) is 4.81. The summed E-state index contributed by atoms with van der Waals surface area (Å²) in [5.74, 6) is -0.850. The van der Waals surface area contributed by atoms with Gasteiger partial charge in [0.1, 0.15) is 0 Å². The van der Waals surface area contributed by atoms with Crippen LogP contribution in [0.5, 0.6) is 0 Å². The molecule has 1 N–H and O–H groups in total. The van der Waals surface area contributed by atoms with E-state index in [1.54, 1.807) is 31.0 Å². The van der Waals surface area contributed by atoms with Crippen molar-refractivity contribution in [3.8, 4) is 0 Å². The van der Waals surface area contributed by atoms with E-state index in [2.05, 4.69) is 0 Å². The summed E-state index contributed by atoms with van der Waals surface area (Å²) in [6.07, 6.45) is 0.898. The third-order valence-electron chi connectivity index (χ3n) is 2.41. The van der Waals surface area contributed by atoms with E-state index in [0.29, 0.717) is 17.4 Å². The fourth-order valence-corrected chi connectivity index (χ4v) is 3.17. The number of benzene rings is 1. The van der Waals surface area contributed by atoms with Gasteiger partial charge in [0.25, 0.3) is 0 Å². The Kier molecular flexibility index (Phi) is 2.98. The molecular formula is C11H12O3S. The van der Waals surface area contributed by atoms with Crippen LogP contribution >= 0.6 is 11.8 Å². The van der Waals surface area contributed by atoms with E-state index in [-0.39, 0.29) is 0 Å². The smallest absolute Gasteiger partial charge is 0.336 e. The minimum atomic E-state index is -0.850. The zero-order valence-corrected chi connectivity index (χ0v) is 9.21. The molecule has 15 heavy (non-hydrogen) atoms. The Morgan fingerprint density at radius 3 is 3.13 bits per heavy atom. The molecule has 1 aromatic rings. The molecule has 0 saturated heterocycles. The normalized spacial score (nSPS) is 18.9. The molecule has 1 aromatic carbocycles. The standard InChI is InChI=1S/C11H12O3S/c1-14-6-8-5-7-3-2-4-9(11(12)13)10(7)15-8/h2-4,8H,5-6H2,1H3,(H,12,13). The number of carboxylic acid groups (broad SMARTS) is 1. The predicted molar refractivity (Wildman–Crippen MR) is 58.6 cm³/mol. The van der Waals surface area contributed by atoms with Gasteiger partial charge in [0.15, 0.2) is 0 Å². The zero-order valence-electron chi connectivity index (χ0n) is 8.40. The molecule has 4 heteroatoms. The van der Waals surface area contributed by atoms with Crippen LogP contribution in [0.15, 0.2) is 23.1 Å². The highest BCUT2D eigenvalue weighted by molar-refractivity contribution is 8.00. The predicted octanol–water partition coefficient (Wildman–Crippen LogP) is 2.05. The first-order valence-corrected chi connectivity index (χ1v) is 5.61. The van der Waals surface area contributed by atoms with Crippen molar-refractivity contribution >= 4 is 17.7 Å². The van der Waals surface area contributed by atoms with Crippen LogP contribution in [0, 0.1) is 0 Å². The maximum absolute atomic E-state index is 11.0. The van der Waals surface area contributed by atoms with Gasteiger partial charge in [-0.15, -0.1) is 11.8 Å². The average Bonchev–Trinajstić information content (AvgIpc) is 2.59. The molecular weight excluding hydrogens is 212 g/mol. The fourth-order valence-electron chi connectivity index (χ4n) is 1.79. The summed E-state index contributed by atoms with van der Waals surface area (Å²) in [6.45, 7) is 0.665. The van der Waals surface area contributed by atoms with E-state index < -0.39 is 5.97 Å². The van der Waals surface area contributed by atoms with Gasteiger partial charge < -0.3 is 9.84 Å². The number of carbonyl (C=O) groups is 1. The van der Waals surface area contributed by atoms with Crippen molar-refractivity contribution < 1.29 is 14.6 Å². The second-order valence-electron chi connectivity index (χ2n) is 3.50. The van der Waals surface area contributed by atoms with E-state index in [1.807, 2.05) is 6.07 Å². The Bertz CT molecular complexity index is 389. The van der Waals surface area contributed by atoms with Crippen molar-refractivity contribution in [3.63, 3.8) is 0 Å². The van der Waals surface area contributed by atoms with Gasteiger partial charge in [-0.2, -0.15) is 0 Å². The number of hydrogen-bond acceptors (Lipinski definition) is 3. The first-order valence-electron chi connectivity index (χ1n) is 4.73. The zero-order chi connectivity index (χ0) is 10.8. The Morgan fingerprint density at radius 2 is 2.47 bits per heavy atom. The van der Waals surface area contributed by atoms with Gasteiger partial charge in [-0.3, -0.25) is 0 Å². The van der Waals surface area contributed by atoms with Crippen LogP contribution in [0.2, 0.25) is 0 Å². The fraction of sp³-hybridized carbons (Fsp3) is 0.364. The van der Waals surface area contributed by atoms with E-state index in [9.17, 15) is 4.79 Å². The molecule has 0 bridgehead atoms. The summed E-state index contributed by atoms with van der Waals surface area (Å²) in [6, 6.07) is 5.45. The number of methoxy groups -OCH3 is 1. The first kappa shape index (κ1) is 10.5. The van der Waals surface area contributed by atoms with Crippen LogP contribution in [0.3, 0.4) is 0 Å². The number of ether oxygens (including phenoxy) is 1. The largest absolute Gasteiger partial charge is 0.478 e. The van der Waals surface area contributed by atoms with Crippen molar-refractivity contribution in [2.75, 3.05) is 13.7 Å². The molecule has 0 aromatic heterocycles. The maximum Gasteiger partial charge on any atom is 0.336 e. The summed E-state index contributed by atoms with van der Waals surface area (Å²) in [4.78, 5) is 11.9. The number of rotatable bonds is 3. The molecule has 0 aliphatic carbocycles. The van der Waals surface area contributed by atoms with E-state index in [0.717, 1.165) is 16.9 Å². The Morgan fingerprint density at radius 1 is 1.67 bits per heavy atom. The van der Waals surface area contributed by atoms with Crippen molar-refractivity contribution in [1.82, 2.24) is 0 Å². The molecule has 0 spiro atoms. The van der Waals surface area contributed by atoms with Gasteiger partial charge in [0, 0.05) is 17.3 Å². The summed E-state index contributed by atoms with van der Waals surface area (Å²) >= 11 is 1.61. The van der Waals surface area contributed by atoms with Crippen molar-refractivity contribution in [3.05, 3.63) is 29.3 Å². The van der Waals surface area contributed by atoms with E-state index in [1.165, 1.54) is 0 Å². The van der Waals surface area contributed by atoms with Gasteiger partial charge in [0.05, 0.1) is 12.2 Å². The van der Waals surface area contributed by atoms with Crippen LogP contribution < -0.4 is 0 Å². The second kappa shape index (κ2) is 4.24. The highest BCUT2D eigenvalue weighted by atomic mass is 32.2. The molecule has 80 valence electrons. The summed E-state index contributed by atoms with van der Waals surface area (Å²) < 4.78 is 5.09. The van der Waals surface area contributed by atoms with Crippen LogP contribution in [-0.2, 0) is 11.2 Å². The molecule has 1 unspecified atom stereocenters. The van der Waals surface area contributed by atoms with Crippen LogP contribution in [0.25, 0.3) is 0 Å². The number of thioether (sulfide) groups is 1. The number of aromatic carboxylic acids is 1. The Hall–Kier alpha value is -1.00. The molecule has 0 saturated carbocycles. The number of carboxylic acids is 1. The van der Waals surface area contributed by atoms with Gasteiger partial charge in [-0.25, -0.2) is 4.79 Å². The summed E-state index contributed by atoms with van der Waals surface area (Å²) in [5, 5.41) is 9.37. The van der Waals surface area contributed by atoms with Crippen LogP contribution in [0.1, 0.15) is 15.9 Å². The van der Waals surface area contributed by atoms with Crippen LogP contribution in [0.4, 0.5) is 0 Å². The molecule has 0 fully saturated rings. The van der Waals surface area contributed by atoms with Gasteiger partial charge in [-0.1, -0.05) is 12.1 Å². The van der Waals surface area contributed by atoms with Gasteiger partial charge in [0.2, 0.25) is 0 Å². The van der Waals surface area contributed by atoms with Crippen molar-refractivity contribution in [1.29, 1.82) is 0 Å². The minimum Gasteiger partial charge on any atom is -0.478 e. The summed E-state index contributed by atoms with van der Waals surface area (Å²) in [5.41, 5.74) is 1.54. The van der Waals surface area contributed by atoms with Crippen molar-refractivity contribution in [2.45, 2.75) is 16.6 Å². The maximum atomic E-state index is 11.0. The lowest BCUT2D eigenvalue weighted by Gasteiger charge is -2.05. The van der Waals surface area contributed by atoms with Gasteiger partial charge in [-0.05, 0) is 18.1 Å².